The van der Waals surface area contributed by atoms with Gasteiger partial charge in [-0.05, 0) is 11.6 Å². The van der Waals surface area contributed by atoms with Crippen LogP contribution in [0.25, 0.3) is 0 Å². The van der Waals surface area contributed by atoms with Crippen molar-refractivity contribution in [2.45, 2.75) is 13.1 Å². The molecule has 1 fully saturated rings. The lowest BCUT2D eigenvalue weighted by atomic mass is 10.2. The molecule has 112 valence electrons. The van der Waals surface area contributed by atoms with Crippen LogP contribution in [0, 0.1) is 0 Å². The summed E-state index contributed by atoms with van der Waals surface area (Å²) in [7, 11) is 0. The zero-order valence-electron chi connectivity index (χ0n) is 11.9. The summed E-state index contributed by atoms with van der Waals surface area (Å²) in [5.74, 6) is 0. The summed E-state index contributed by atoms with van der Waals surface area (Å²) >= 11 is 5.81. The normalized spacial score (nSPS) is 17.2. The van der Waals surface area contributed by atoms with Gasteiger partial charge in [-0.25, -0.2) is 4.98 Å². The largest absolute Gasteiger partial charge is 0.299 e. The summed E-state index contributed by atoms with van der Waals surface area (Å²) in [6, 6.07) is 3.90. The average Bonchev–Trinajstić information content (AvgIpc) is 3.02. The zero-order chi connectivity index (χ0) is 14.5. The molecule has 0 radical (unpaired) electrons. The number of pyridine rings is 1. The predicted molar refractivity (Wildman–Crippen MR) is 81.0 cm³/mol. The molecule has 0 spiro atoms. The van der Waals surface area contributed by atoms with Gasteiger partial charge in [0.1, 0.15) is 5.15 Å². The van der Waals surface area contributed by atoms with E-state index < -0.39 is 0 Å². The van der Waals surface area contributed by atoms with Gasteiger partial charge in [-0.15, -0.1) is 5.10 Å². The van der Waals surface area contributed by atoms with Crippen molar-refractivity contribution in [1.82, 2.24) is 29.8 Å². The van der Waals surface area contributed by atoms with Crippen molar-refractivity contribution < 1.29 is 0 Å². The molecular formula is C14H19ClN6. The highest BCUT2D eigenvalue weighted by Gasteiger charge is 2.16. The average molecular weight is 307 g/mol. The van der Waals surface area contributed by atoms with Crippen LogP contribution >= 0.6 is 11.6 Å². The molecule has 3 heterocycles. The molecule has 21 heavy (non-hydrogen) atoms. The molecule has 0 unspecified atom stereocenters. The molecule has 6 nitrogen and oxygen atoms in total. The van der Waals surface area contributed by atoms with E-state index in [-0.39, 0.29) is 0 Å². The molecular weight excluding hydrogens is 288 g/mol. The van der Waals surface area contributed by atoms with Crippen LogP contribution in [0.2, 0.25) is 5.15 Å². The molecule has 0 saturated carbocycles. The Morgan fingerprint density at radius 3 is 2.52 bits per heavy atom. The SMILES string of the molecule is Clc1ccc(CN2CCN(CCn3ccnn3)CC2)cn1. The van der Waals surface area contributed by atoms with Crippen LogP contribution < -0.4 is 0 Å². The standard InChI is InChI=1S/C14H19ClN6/c15-14-2-1-13(11-16-14)12-20-7-5-19(6-8-20)9-10-21-4-3-17-18-21/h1-4,11H,5-10,12H2. The Labute approximate surface area is 129 Å². The zero-order valence-corrected chi connectivity index (χ0v) is 12.7. The molecule has 1 aliphatic heterocycles. The molecule has 0 amide bonds. The first-order valence-corrected chi connectivity index (χ1v) is 7.56. The van der Waals surface area contributed by atoms with Crippen LogP contribution in [-0.2, 0) is 13.1 Å². The molecule has 2 aromatic rings. The van der Waals surface area contributed by atoms with Crippen LogP contribution in [0.3, 0.4) is 0 Å². The fraction of sp³-hybridized carbons (Fsp3) is 0.500. The number of hydrogen-bond donors (Lipinski definition) is 0. The van der Waals surface area contributed by atoms with Gasteiger partial charge in [-0.2, -0.15) is 0 Å². The topological polar surface area (TPSA) is 50.1 Å². The maximum atomic E-state index is 5.81. The van der Waals surface area contributed by atoms with Crippen LogP contribution in [0.15, 0.2) is 30.7 Å². The lowest BCUT2D eigenvalue weighted by Gasteiger charge is -2.34. The fourth-order valence-corrected chi connectivity index (χ4v) is 2.64. The van der Waals surface area contributed by atoms with E-state index in [4.69, 9.17) is 11.6 Å². The molecule has 3 rings (SSSR count). The summed E-state index contributed by atoms with van der Waals surface area (Å²) < 4.78 is 1.88. The summed E-state index contributed by atoms with van der Waals surface area (Å²) in [6.07, 6.45) is 5.49. The molecule has 0 bridgehead atoms. The van der Waals surface area contributed by atoms with Crippen molar-refractivity contribution in [3.63, 3.8) is 0 Å². The fourth-order valence-electron chi connectivity index (χ4n) is 2.53. The number of hydrogen-bond acceptors (Lipinski definition) is 5. The van der Waals surface area contributed by atoms with Gasteiger partial charge in [0.2, 0.25) is 0 Å². The first-order chi connectivity index (χ1) is 10.3. The third kappa shape index (κ3) is 4.23. The van der Waals surface area contributed by atoms with Crippen LogP contribution in [0.1, 0.15) is 5.56 Å². The second-order valence-corrected chi connectivity index (χ2v) is 5.66. The van der Waals surface area contributed by atoms with Gasteiger partial charge in [0, 0.05) is 51.7 Å². The molecule has 1 saturated heterocycles. The van der Waals surface area contributed by atoms with E-state index in [2.05, 4.69) is 25.1 Å². The van der Waals surface area contributed by atoms with E-state index in [9.17, 15) is 0 Å². The van der Waals surface area contributed by atoms with Crippen LogP contribution in [0.5, 0.6) is 0 Å². The van der Waals surface area contributed by atoms with Gasteiger partial charge >= 0.3 is 0 Å². The number of halogens is 1. The molecule has 0 aliphatic carbocycles. The van der Waals surface area contributed by atoms with Crippen molar-refractivity contribution in [3.8, 4) is 0 Å². The highest BCUT2D eigenvalue weighted by Crippen LogP contribution is 2.10. The molecule has 7 heteroatoms. The second kappa shape index (κ2) is 6.98. The number of aromatic nitrogens is 4. The first-order valence-electron chi connectivity index (χ1n) is 7.19. The second-order valence-electron chi connectivity index (χ2n) is 5.27. The van der Waals surface area contributed by atoms with Gasteiger partial charge in [0.05, 0.1) is 12.7 Å². The molecule has 2 aromatic heterocycles. The number of piperazine rings is 1. The van der Waals surface area contributed by atoms with Crippen molar-refractivity contribution in [3.05, 3.63) is 41.4 Å². The minimum atomic E-state index is 0.552. The Balaban J connectivity index is 1.41. The highest BCUT2D eigenvalue weighted by atomic mass is 35.5. The third-order valence-corrected chi connectivity index (χ3v) is 4.00. The minimum absolute atomic E-state index is 0.552. The lowest BCUT2D eigenvalue weighted by Crippen LogP contribution is -2.46. The van der Waals surface area contributed by atoms with Gasteiger partial charge in [0.25, 0.3) is 0 Å². The van der Waals surface area contributed by atoms with Crippen LogP contribution in [0.4, 0.5) is 0 Å². The Hall–Kier alpha value is -1.50. The summed E-state index contributed by atoms with van der Waals surface area (Å²) in [6.45, 7) is 7.23. The van der Waals surface area contributed by atoms with Gasteiger partial charge in [-0.3, -0.25) is 14.5 Å². The van der Waals surface area contributed by atoms with E-state index >= 15 is 0 Å². The van der Waals surface area contributed by atoms with E-state index in [0.717, 1.165) is 45.8 Å². The lowest BCUT2D eigenvalue weighted by molar-refractivity contribution is 0.123. The Morgan fingerprint density at radius 1 is 1.05 bits per heavy atom. The van der Waals surface area contributed by atoms with Gasteiger partial charge in [0.15, 0.2) is 0 Å². The Bertz CT molecular complexity index is 533. The van der Waals surface area contributed by atoms with E-state index in [0.29, 0.717) is 5.15 Å². The molecule has 0 N–H and O–H groups in total. The Kier molecular flexibility index (Phi) is 4.80. The molecule has 0 atom stereocenters. The minimum Gasteiger partial charge on any atom is -0.299 e. The third-order valence-electron chi connectivity index (χ3n) is 3.78. The summed E-state index contributed by atoms with van der Waals surface area (Å²) in [4.78, 5) is 9.06. The van der Waals surface area contributed by atoms with Gasteiger partial charge < -0.3 is 0 Å². The van der Waals surface area contributed by atoms with Crippen molar-refractivity contribution in [2.24, 2.45) is 0 Å². The highest BCUT2D eigenvalue weighted by molar-refractivity contribution is 6.29. The smallest absolute Gasteiger partial charge is 0.129 e. The Morgan fingerprint density at radius 2 is 1.86 bits per heavy atom. The number of rotatable bonds is 5. The monoisotopic (exact) mass is 306 g/mol. The van der Waals surface area contributed by atoms with Gasteiger partial charge in [-0.1, -0.05) is 22.9 Å². The van der Waals surface area contributed by atoms with E-state index in [1.165, 1.54) is 5.56 Å². The molecule has 1 aliphatic rings. The maximum absolute atomic E-state index is 5.81. The first kappa shape index (κ1) is 14.4. The van der Waals surface area contributed by atoms with Crippen molar-refractivity contribution in [2.75, 3.05) is 32.7 Å². The maximum Gasteiger partial charge on any atom is 0.129 e. The molecule has 0 aromatic carbocycles. The quantitative estimate of drug-likeness (QED) is 0.776. The van der Waals surface area contributed by atoms with E-state index in [1.54, 1.807) is 6.20 Å². The number of nitrogens with zero attached hydrogens (tertiary/aromatic N) is 6. The summed E-state index contributed by atoms with van der Waals surface area (Å²) in [5.41, 5.74) is 1.22. The van der Waals surface area contributed by atoms with Crippen molar-refractivity contribution in [1.29, 1.82) is 0 Å². The predicted octanol–water partition coefficient (Wildman–Crippen LogP) is 1.14. The van der Waals surface area contributed by atoms with Crippen LogP contribution in [-0.4, -0.2) is 62.5 Å². The van der Waals surface area contributed by atoms with E-state index in [1.807, 2.05) is 29.2 Å². The summed E-state index contributed by atoms with van der Waals surface area (Å²) in [5, 5.41) is 8.36. The van der Waals surface area contributed by atoms with Crippen molar-refractivity contribution >= 4 is 11.6 Å².